The van der Waals surface area contributed by atoms with Crippen LogP contribution in [0.25, 0.3) is 0 Å². The van der Waals surface area contributed by atoms with E-state index in [4.69, 9.17) is 0 Å². The number of rotatable bonds is 1. The zero-order chi connectivity index (χ0) is 10.9. The summed E-state index contributed by atoms with van der Waals surface area (Å²) in [6.07, 6.45) is -4.96. The topological polar surface area (TPSA) is 22.1 Å². The van der Waals surface area contributed by atoms with Crippen LogP contribution in [0.2, 0.25) is 0 Å². The highest BCUT2D eigenvalue weighted by Gasteiger charge is 2.33. The maximum absolute atomic E-state index is 13.0. The van der Waals surface area contributed by atoms with Gasteiger partial charge in [-0.3, -0.25) is 0 Å². The summed E-state index contributed by atoms with van der Waals surface area (Å²) < 4.78 is 51.3. The van der Waals surface area contributed by atoms with Crippen LogP contribution in [0.15, 0.2) is 15.1 Å². The van der Waals surface area contributed by atoms with Crippen molar-refractivity contribution in [1.82, 2.24) is 4.98 Å². The summed E-state index contributed by atoms with van der Waals surface area (Å²) in [5.74, 6) is -2.33. The van der Waals surface area contributed by atoms with Gasteiger partial charge in [0.05, 0.1) is 4.47 Å². The summed E-state index contributed by atoms with van der Waals surface area (Å²) in [7, 11) is 0. The van der Waals surface area contributed by atoms with Gasteiger partial charge in [-0.25, -0.2) is 4.98 Å². The van der Waals surface area contributed by atoms with Crippen LogP contribution in [-0.2, 0) is 0 Å². The second-order valence-corrected chi connectivity index (χ2v) is 3.76. The third kappa shape index (κ3) is 3.09. The Morgan fingerprint density at radius 1 is 1.29 bits per heavy atom. The van der Waals surface area contributed by atoms with Crippen molar-refractivity contribution in [3.8, 4) is 5.88 Å². The summed E-state index contributed by atoms with van der Waals surface area (Å²) in [5, 5.41) is 0. The molecule has 1 aromatic rings. The lowest BCUT2D eigenvalue weighted by Gasteiger charge is -2.09. The first-order chi connectivity index (χ1) is 6.29. The van der Waals surface area contributed by atoms with Crippen molar-refractivity contribution < 1.29 is 22.3 Å². The average Bonchev–Trinajstić information content (AvgIpc) is 1.96. The molecule has 0 saturated heterocycles. The van der Waals surface area contributed by atoms with Crippen LogP contribution in [0.4, 0.5) is 17.6 Å². The molecule has 1 rings (SSSR count). The van der Waals surface area contributed by atoms with E-state index in [0.29, 0.717) is 0 Å². The minimum absolute atomic E-state index is 0.0324. The van der Waals surface area contributed by atoms with Crippen LogP contribution in [0, 0.1) is 5.82 Å². The SMILES string of the molecule is Fc1c(Br)cc(Br)nc1OC(F)(F)F. The van der Waals surface area contributed by atoms with Gasteiger partial charge in [0.1, 0.15) is 4.60 Å². The number of hydrogen-bond acceptors (Lipinski definition) is 2. The van der Waals surface area contributed by atoms with Crippen LogP contribution < -0.4 is 4.74 Å². The quantitative estimate of drug-likeness (QED) is 0.576. The molecule has 14 heavy (non-hydrogen) atoms. The van der Waals surface area contributed by atoms with Crippen molar-refractivity contribution in [3.63, 3.8) is 0 Å². The fourth-order valence-corrected chi connectivity index (χ4v) is 1.71. The Labute approximate surface area is 92.5 Å². The molecule has 1 aromatic heterocycles. The predicted octanol–water partition coefficient (Wildman–Crippen LogP) is 3.64. The van der Waals surface area contributed by atoms with Gasteiger partial charge in [0.15, 0.2) is 5.82 Å². The first-order valence-corrected chi connectivity index (χ1v) is 4.65. The monoisotopic (exact) mass is 337 g/mol. The largest absolute Gasteiger partial charge is 0.574 e. The van der Waals surface area contributed by atoms with Crippen LogP contribution in [0.3, 0.4) is 0 Å². The first kappa shape index (κ1) is 11.7. The molecule has 8 heteroatoms. The molecular weight excluding hydrogens is 338 g/mol. The number of alkyl halides is 3. The molecule has 1 heterocycles. The fourth-order valence-electron chi connectivity index (χ4n) is 0.626. The molecule has 0 aliphatic rings. The molecule has 0 atom stereocenters. The minimum Gasteiger partial charge on any atom is -0.385 e. The predicted molar refractivity (Wildman–Crippen MR) is 46.3 cm³/mol. The van der Waals surface area contributed by atoms with Gasteiger partial charge in [-0.05, 0) is 37.9 Å². The van der Waals surface area contributed by atoms with E-state index in [1.54, 1.807) is 0 Å². The van der Waals surface area contributed by atoms with Gasteiger partial charge in [0.2, 0.25) is 0 Å². The maximum atomic E-state index is 13.0. The molecule has 0 bridgehead atoms. The highest BCUT2D eigenvalue weighted by atomic mass is 79.9. The Kier molecular flexibility index (Phi) is 3.36. The summed E-state index contributed by atoms with van der Waals surface area (Å²) in [6, 6.07) is 1.17. The van der Waals surface area contributed by atoms with E-state index in [-0.39, 0.29) is 9.08 Å². The second kappa shape index (κ2) is 4.01. The molecule has 0 saturated carbocycles. The van der Waals surface area contributed by atoms with E-state index >= 15 is 0 Å². The van der Waals surface area contributed by atoms with Crippen molar-refractivity contribution in [2.24, 2.45) is 0 Å². The molecule has 78 valence electrons. The summed E-state index contributed by atoms with van der Waals surface area (Å²) in [5.41, 5.74) is 0. The van der Waals surface area contributed by atoms with Crippen LogP contribution in [0.1, 0.15) is 0 Å². The van der Waals surface area contributed by atoms with Crippen molar-refractivity contribution in [2.75, 3.05) is 0 Å². The van der Waals surface area contributed by atoms with Gasteiger partial charge in [-0.15, -0.1) is 13.2 Å². The molecule has 0 amide bonds. The van der Waals surface area contributed by atoms with E-state index in [1.807, 2.05) is 0 Å². The van der Waals surface area contributed by atoms with Gasteiger partial charge < -0.3 is 4.74 Å². The lowest BCUT2D eigenvalue weighted by atomic mass is 10.5. The Morgan fingerprint density at radius 3 is 2.36 bits per heavy atom. The van der Waals surface area contributed by atoms with Gasteiger partial charge in [0.25, 0.3) is 5.88 Å². The Morgan fingerprint density at radius 2 is 1.86 bits per heavy atom. The van der Waals surface area contributed by atoms with Crippen LogP contribution in [-0.4, -0.2) is 11.3 Å². The number of hydrogen-bond donors (Lipinski definition) is 0. The molecule has 0 aliphatic heterocycles. The van der Waals surface area contributed by atoms with Gasteiger partial charge in [-0.1, -0.05) is 0 Å². The van der Waals surface area contributed by atoms with E-state index in [1.165, 1.54) is 6.07 Å². The molecule has 0 aromatic carbocycles. The number of halogens is 6. The summed E-state index contributed by atoms with van der Waals surface area (Å²) >= 11 is 5.51. The smallest absolute Gasteiger partial charge is 0.385 e. The van der Waals surface area contributed by atoms with E-state index < -0.39 is 18.1 Å². The standard InChI is InChI=1S/C6HBr2F4NO/c7-2-1-3(8)13-5(4(2)9)14-6(10,11)12/h1H. The van der Waals surface area contributed by atoms with Crippen molar-refractivity contribution in [3.05, 3.63) is 21.0 Å². The molecule has 0 spiro atoms. The van der Waals surface area contributed by atoms with Crippen LogP contribution >= 0.6 is 31.9 Å². The maximum Gasteiger partial charge on any atom is 0.574 e. The fraction of sp³-hybridized carbons (Fsp3) is 0.167. The molecule has 2 nitrogen and oxygen atoms in total. The third-order valence-corrected chi connectivity index (χ3v) is 2.05. The number of nitrogens with zero attached hydrogens (tertiary/aromatic N) is 1. The highest BCUT2D eigenvalue weighted by Crippen LogP contribution is 2.30. The minimum atomic E-state index is -4.96. The lowest BCUT2D eigenvalue weighted by molar-refractivity contribution is -0.277. The van der Waals surface area contributed by atoms with E-state index in [0.717, 1.165) is 0 Å². The number of ether oxygens (including phenoxy) is 1. The molecule has 0 unspecified atom stereocenters. The second-order valence-electron chi connectivity index (χ2n) is 2.09. The van der Waals surface area contributed by atoms with E-state index in [9.17, 15) is 17.6 Å². The molecular formula is C6HBr2F4NO. The Hall–Kier alpha value is -0.370. The van der Waals surface area contributed by atoms with Crippen LogP contribution in [0.5, 0.6) is 5.88 Å². The zero-order valence-electron chi connectivity index (χ0n) is 6.20. The summed E-state index contributed by atoms with van der Waals surface area (Å²) in [6.45, 7) is 0. The first-order valence-electron chi connectivity index (χ1n) is 3.07. The molecule has 0 N–H and O–H groups in total. The van der Waals surface area contributed by atoms with E-state index in [2.05, 4.69) is 41.6 Å². The Balaban J connectivity index is 3.09. The lowest BCUT2D eigenvalue weighted by Crippen LogP contribution is -2.19. The van der Waals surface area contributed by atoms with Gasteiger partial charge in [0, 0.05) is 0 Å². The number of pyridine rings is 1. The average molecular weight is 339 g/mol. The zero-order valence-corrected chi connectivity index (χ0v) is 9.37. The molecule has 0 aliphatic carbocycles. The van der Waals surface area contributed by atoms with Crippen molar-refractivity contribution in [1.29, 1.82) is 0 Å². The Bertz CT molecular complexity index is 354. The highest BCUT2D eigenvalue weighted by molar-refractivity contribution is 9.11. The third-order valence-electron chi connectivity index (χ3n) is 1.06. The van der Waals surface area contributed by atoms with Gasteiger partial charge >= 0.3 is 6.36 Å². The number of aromatic nitrogens is 1. The summed E-state index contributed by atoms with van der Waals surface area (Å²) in [4.78, 5) is 3.19. The van der Waals surface area contributed by atoms with Crippen molar-refractivity contribution in [2.45, 2.75) is 6.36 Å². The van der Waals surface area contributed by atoms with Crippen molar-refractivity contribution >= 4 is 31.9 Å². The molecule has 0 radical (unpaired) electrons. The molecule has 0 fully saturated rings. The normalized spacial score (nSPS) is 11.6. The van der Waals surface area contributed by atoms with Gasteiger partial charge in [-0.2, -0.15) is 4.39 Å².